The van der Waals surface area contributed by atoms with E-state index in [0.717, 1.165) is 30.0 Å². The Kier molecular flexibility index (Phi) is 6.73. The van der Waals surface area contributed by atoms with Crippen molar-refractivity contribution < 1.29 is 8.42 Å². The molecule has 142 valence electrons. The van der Waals surface area contributed by atoms with E-state index in [4.69, 9.17) is 0 Å². The highest BCUT2D eigenvalue weighted by Crippen LogP contribution is 2.17. The average Bonchev–Trinajstić information content (AvgIpc) is 3.03. The zero-order valence-electron chi connectivity index (χ0n) is 15.7. The Balaban J connectivity index is 2.08. The second-order valence-corrected chi connectivity index (χ2v) is 7.94. The van der Waals surface area contributed by atoms with Crippen molar-refractivity contribution in [1.29, 1.82) is 0 Å². The van der Waals surface area contributed by atoms with E-state index in [1.807, 2.05) is 24.5 Å². The molecule has 2 aromatic rings. The number of aliphatic imine (C=N–C) groups is 1. The van der Waals surface area contributed by atoms with E-state index < -0.39 is 9.84 Å². The SMILES string of the molecule is CCNC(=NCc1ccc(S(C)(=O)=O)c(C)c1)NCc1nncn1CC. The van der Waals surface area contributed by atoms with Gasteiger partial charge in [-0.15, -0.1) is 10.2 Å². The van der Waals surface area contributed by atoms with Crippen molar-refractivity contribution in [2.24, 2.45) is 4.99 Å². The first-order valence-electron chi connectivity index (χ1n) is 8.53. The molecule has 1 aromatic heterocycles. The molecule has 8 nitrogen and oxygen atoms in total. The summed E-state index contributed by atoms with van der Waals surface area (Å²) in [6, 6.07) is 5.29. The molecule has 26 heavy (non-hydrogen) atoms. The summed E-state index contributed by atoms with van der Waals surface area (Å²) < 4.78 is 25.4. The van der Waals surface area contributed by atoms with Gasteiger partial charge in [0.2, 0.25) is 0 Å². The topological polar surface area (TPSA) is 101 Å². The van der Waals surface area contributed by atoms with E-state index in [2.05, 4.69) is 25.8 Å². The first-order valence-corrected chi connectivity index (χ1v) is 10.4. The lowest BCUT2D eigenvalue weighted by Gasteiger charge is -2.12. The Morgan fingerprint density at radius 3 is 2.65 bits per heavy atom. The average molecular weight is 379 g/mol. The molecule has 0 saturated carbocycles. The minimum atomic E-state index is -3.21. The van der Waals surface area contributed by atoms with E-state index in [9.17, 15) is 8.42 Å². The van der Waals surface area contributed by atoms with E-state index in [0.29, 0.717) is 23.9 Å². The smallest absolute Gasteiger partial charge is 0.191 e. The van der Waals surface area contributed by atoms with Crippen LogP contribution in [0.1, 0.15) is 30.8 Å². The number of nitrogens with one attached hydrogen (secondary N) is 2. The van der Waals surface area contributed by atoms with E-state index in [-0.39, 0.29) is 0 Å². The van der Waals surface area contributed by atoms with Gasteiger partial charge in [-0.1, -0.05) is 12.1 Å². The van der Waals surface area contributed by atoms with Gasteiger partial charge in [0.15, 0.2) is 21.6 Å². The molecule has 0 saturated heterocycles. The van der Waals surface area contributed by atoms with E-state index >= 15 is 0 Å². The van der Waals surface area contributed by atoms with Gasteiger partial charge in [-0.25, -0.2) is 13.4 Å². The fraction of sp³-hybridized carbons (Fsp3) is 0.471. The summed E-state index contributed by atoms with van der Waals surface area (Å²) in [4.78, 5) is 4.91. The third kappa shape index (κ3) is 5.29. The Morgan fingerprint density at radius 1 is 1.27 bits per heavy atom. The number of hydrogen-bond donors (Lipinski definition) is 2. The zero-order chi connectivity index (χ0) is 19.2. The lowest BCUT2D eigenvalue weighted by Crippen LogP contribution is -2.37. The van der Waals surface area contributed by atoms with Crippen molar-refractivity contribution in [3.8, 4) is 0 Å². The summed E-state index contributed by atoms with van der Waals surface area (Å²) in [7, 11) is -3.21. The van der Waals surface area contributed by atoms with Crippen LogP contribution in [0.25, 0.3) is 0 Å². The van der Waals surface area contributed by atoms with Crippen molar-refractivity contribution in [3.63, 3.8) is 0 Å². The summed E-state index contributed by atoms with van der Waals surface area (Å²) in [6.45, 7) is 8.34. The number of benzene rings is 1. The summed E-state index contributed by atoms with van der Waals surface area (Å²) in [6.07, 6.45) is 2.92. The van der Waals surface area contributed by atoms with Gasteiger partial charge < -0.3 is 15.2 Å². The van der Waals surface area contributed by atoms with Gasteiger partial charge in [0.25, 0.3) is 0 Å². The Bertz CT molecular complexity index is 873. The minimum Gasteiger partial charge on any atom is -0.357 e. The van der Waals surface area contributed by atoms with Gasteiger partial charge in [0.05, 0.1) is 18.0 Å². The van der Waals surface area contributed by atoms with Crippen LogP contribution in [-0.2, 0) is 29.5 Å². The summed E-state index contributed by atoms with van der Waals surface area (Å²) in [5.74, 6) is 1.51. The highest BCUT2D eigenvalue weighted by atomic mass is 32.2. The molecule has 0 radical (unpaired) electrons. The largest absolute Gasteiger partial charge is 0.357 e. The maximum absolute atomic E-state index is 11.7. The third-order valence-electron chi connectivity index (χ3n) is 3.85. The van der Waals surface area contributed by atoms with Crippen molar-refractivity contribution in [2.45, 2.75) is 45.3 Å². The zero-order valence-corrected chi connectivity index (χ0v) is 16.5. The highest BCUT2D eigenvalue weighted by molar-refractivity contribution is 7.90. The van der Waals surface area contributed by atoms with Crippen molar-refractivity contribution in [3.05, 3.63) is 41.5 Å². The van der Waals surface area contributed by atoms with Gasteiger partial charge in [-0.05, 0) is 38.0 Å². The second kappa shape index (κ2) is 8.79. The predicted octanol–water partition coefficient (Wildman–Crippen LogP) is 1.27. The number of guanidine groups is 1. The molecule has 0 aliphatic heterocycles. The number of sulfone groups is 1. The summed E-state index contributed by atoms with van der Waals surface area (Å²) >= 11 is 0. The predicted molar refractivity (Wildman–Crippen MR) is 102 cm³/mol. The van der Waals surface area contributed by atoms with E-state index in [1.165, 1.54) is 6.26 Å². The molecular weight excluding hydrogens is 352 g/mol. The highest BCUT2D eigenvalue weighted by Gasteiger charge is 2.11. The standard InChI is InChI=1S/C17H26N6O2S/c1-5-18-17(20-11-16-22-21-12-23(16)6-2)19-10-14-7-8-15(13(3)9-14)26(4,24)25/h7-9,12H,5-6,10-11H2,1-4H3,(H2,18,19,20). The molecule has 2 rings (SSSR count). The van der Waals surface area contributed by atoms with Crippen LogP contribution in [0.2, 0.25) is 0 Å². The molecule has 9 heteroatoms. The molecule has 0 aliphatic carbocycles. The number of rotatable bonds is 7. The Hall–Kier alpha value is -2.42. The first kappa shape index (κ1) is 19.9. The van der Waals surface area contributed by atoms with Gasteiger partial charge in [-0.2, -0.15) is 0 Å². The van der Waals surface area contributed by atoms with Crippen LogP contribution in [0.15, 0.2) is 34.4 Å². The molecule has 0 spiro atoms. The second-order valence-electron chi connectivity index (χ2n) is 5.95. The van der Waals surface area contributed by atoms with Crippen LogP contribution in [0, 0.1) is 6.92 Å². The molecule has 1 heterocycles. The maximum atomic E-state index is 11.7. The van der Waals surface area contributed by atoms with Crippen molar-refractivity contribution in [2.75, 3.05) is 12.8 Å². The number of aromatic nitrogens is 3. The molecular formula is C17H26N6O2S. The summed E-state index contributed by atoms with van der Waals surface area (Å²) in [5.41, 5.74) is 1.68. The fourth-order valence-corrected chi connectivity index (χ4v) is 3.54. The van der Waals surface area contributed by atoms with Gasteiger partial charge in [0, 0.05) is 19.3 Å². The van der Waals surface area contributed by atoms with Crippen LogP contribution in [-0.4, -0.2) is 41.9 Å². The van der Waals surface area contributed by atoms with Crippen LogP contribution in [0.4, 0.5) is 0 Å². The normalized spacial score (nSPS) is 12.2. The van der Waals surface area contributed by atoms with Gasteiger partial charge in [0.1, 0.15) is 6.33 Å². The molecule has 2 N–H and O–H groups in total. The van der Waals surface area contributed by atoms with Crippen LogP contribution in [0.5, 0.6) is 0 Å². The minimum absolute atomic E-state index is 0.356. The molecule has 0 aliphatic rings. The van der Waals surface area contributed by atoms with Gasteiger partial charge >= 0.3 is 0 Å². The lowest BCUT2D eigenvalue weighted by molar-refractivity contribution is 0.601. The maximum Gasteiger partial charge on any atom is 0.191 e. The monoisotopic (exact) mass is 378 g/mol. The van der Waals surface area contributed by atoms with Gasteiger partial charge in [-0.3, -0.25) is 0 Å². The quantitative estimate of drug-likeness (QED) is 0.556. The van der Waals surface area contributed by atoms with Crippen molar-refractivity contribution >= 4 is 15.8 Å². The molecule has 0 amide bonds. The van der Waals surface area contributed by atoms with Crippen molar-refractivity contribution in [1.82, 2.24) is 25.4 Å². The molecule has 0 atom stereocenters. The van der Waals surface area contributed by atoms with Crippen LogP contribution >= 0.6 is 0 Å². The summed E-state index contributed by atoms with van der Waals surface area (Å²) in [5, 5.41) is 14.4. The number of aryl methyl sites for hydroxylation is 2. The van der Waals surface area contributed by atoms with Crippen LogP contribution in [0.3, 0.4) is 0 Å². The lowest BCUT2D eigenvalue weighted by atomic mass is 10.1. The van der Waals surface area contributed by atoms with Crippen LogP contribution < -0.4 is 10.6 Å². The number of nitrogens with zero attached hydrogens (tertiary/aromatic N) is 4. The van der Waals surface area contributed by atoms with E-state index in [1.54, 1.807) is 25.4 Å². The molecule has 0 fully saturated rings. The first-order chi connectivity index (χ1) is 12.3. The molecule has 0 bridgehead atoms. The Morgan fingerprint density at radius 2 is 2.04 bits per heavy atom. The molecule has 1 aromatic carbocycles. The number of hydrogen-bond acceptors (Lipinski definition) is 5. The fourth-order valence-electron chi connectivity index (χ4n) is 2.58. The molecule has 0 unspecified atom stereocenters. The Labute approximate surface area is 154 Å². The third-order valence-corrected chi connectivity index (χ3v) is 5.11.